The highest BCUT2D eigenvalue weighted by Crippen LogP contribution is 2.30. The highest BCUT2D eigenvalue weighted by atomic mass is 16.7. The van der Waals surface area contributed by atoms with E-state index in [-0.39, 0.29) is 18.3 Å². The lowest BCUT2D eigenvalue weighted by atomic mass is 10.0. The number of hydrogen-bond donors (Lipinski definition) is 1. The van der Waals surface area contributed by atoms with E-state index in [9.17, 15) is 5.11 Å². The van der Waals surface area contributed by atoms with Gasteiger partial charge in [0.2, 0.25) is 0 Å². The molecule has 2 heterocycles. The topological polar surface area (TPSA) is 57.2 Å². The van der Waals surface area contributed by atoms with Gasteiger partial charge in [-0.25, -0.2) is 0 Å². The number of rotatable bonds is 2. The first-order valence-electron chi connectivity index (χ1n) is 4.28. The number of methoxy groups -OCH3 is 2. The van der Waals surface area contributed by atoms with Gasteiger partial charge in [-0.1, -0.05) is 0 Å². The van der Waals surface area contributed by atoms with Crippen LogP contribution in [-0.4, -0.2) is 56.6 Å². The molecule has 2 aliphatic rings. The summed E-state index contributed by atoms with van der Waals surface area (Å²) < 4.78 is 20.9. The number of hydrogen-bond acceptors (Lipinski definition) is 5. The monoisotopic (exact) mass is 190 g/mol. The zero-order chi connectivity index (χ0) is 9.42. The minimum absolute atomic E-state index is 0.122. The van der Waals surface area contributed by atoms with E-state index in [0.29, 0.717) is 6.61 Å². The lowest BCUT2D eigenvalue weighted by Gasteiger charge is -2.36. The summed E-state index contributed by atoms with van der Waals surface area (Å²) in [6.45, 7) is 0.458. The second kappa shape index (κ2) is 3.51. The quantitative estimate of drug-likeness (QED) is 0.613. The summed E-state index contributed by atoms with van der Waals surface area (Å²) in [5.74, 6) is 0. The van der Waals surface area contributed by atoms with Crippen LogP contribution in [0.1, 0.15) is 0 Å². The molecule has 2 rings (SSSR count). The molecule has 2 fully saturated rings. The second-order valence-electron chi connectivity index (χ2n) is 3.27. The summed E-state index contributed by atoms with van der Waals surface area (Å²) in [7, 11) is 3.12. The molecule has 0 spiro atoms. The smallest absolute Gasteiger partial charge is 0.186 e. The Labute approximate surface area is 76.5 Å². The predicted octanol–water partition coefficient (Wildman–Crippen LogP) is -0.868. The fourth-order valence-corrected chi connectivity index (χ4v) is 1.91. The van der Waals surface area contributed by atoms with Gasteiger partial charge in [0.25, 0.3) is 0 Å². The highest BCUT2D eigenvalue weighted by Gasteiger charge is 2.50. The molecule has 2 saturated heterocycles. The molecule has 0 amide bonds. The van der Waals surface area contributed by atoms with Gasteiger partial charge in [0.1, 0.15) is 24.4 Å². The summed E-state index contributed by atoms with van der Waals surface area (Å²) in [5.41, 5.74) is 0. The minimum Gasteiger partial charge on any atom is -0.385 e. The SMILES string of the molecule is CO[C@@H]1[C@@H](O)[C@@H]2OC[C@@H](O2)[C@@H]1OC. The van der Waals surface area contributed by atoms with Gasteiger partial charge in [0, 0.05) is 14.2 Å². The molecule has 2 aliphatic heterocycles. The summed E-state index contributed by atoms with van der Waals surface area (Å²) in [6, 6.07) is 0. The van der Waals surface area contributed by atoms with Crippen LogP contribution >= 0.6 is 0 Å². The maximum absolute atomic E-state index is 9.70. The third-order valence-electron chi connectivity index (χ3n) is 2.58. The van der Waals surface area contributed by atoms with Crippen LogP contribution < -0.4 is 0 Å². The molecule has 76 valence electrons. The molecule has 5 atom stereocenters. The molecule has 2 bridgehead atoms. The molecular weight excluding hydrogens is 176 g/mol. The third kappa shape index (κ3) is 1.37. The van der Waals surface area contributed by atoms with Crippen LogP contribution in [0, 0.1) is 0 Å². The molecule has 0 aromatic carbocycles. The van der Waals surface area contributed by atoms with Gasteiger partial charge >= 0.3 is 0 Å². The minimum atomic E-state index is -0.770. The lowest BCUT2D eigenvalue weighted by molar-refractivity contribution is -0.239. The molecule has 0 unspecified atom stereocenters. The average molecular weight is 190 g/mol. The molecule has 13 heavy (non-hydrogen) atoms. The Morgan fingerprint density at radius 1 is 1.23 bits per heavy atom. The van der Waals surface area contributed by atoms with Crippen LogP contribution in [0.5, 0.6) is 0 Å². The maximum Gasteiger partial charge on any atom is 0.186 e. The van der Waals surface area contributed by atoms with Crippen molar-refractivity contribution in [3.05, 3.63) is 0 Å². The van der Waals surface area contributed by atoms with Gasteiger partial charge in [0.15, 0.2) is 6.29 Å². The third-order valence-corrected chi connectivity index (χ3v) is 2.58. The number of fused-ring (bicyclic) bond motifs is 2. The normalized spacial score (nSPS) is 49.6. The first-order chi connectivity index (χ1) is 6.27. The molecule has 0 aliphatic carbocycles. The van der Waals surface area contributed by atoms with E-state index in [1.165, 1.54) is 0 Å². The van der Waals surface area contributed by atoms with Gasteiger partial charge in [-0.15, -0.1) is 0 Å². The maximum atomic E-state index is 9.70. The molecule has 5 nitrogen and oxygen atoms in total. The van der Waals surface area contributed by atoms with Crippen LogP contribution in [0.15, 0.2) is 0 Å². The van der Waals surface area contributed by atoms with Gasteiger partial charge in [-0.3, -0.25) is 0 Å². The van der Waals surface area contributed by atoms with Crippen LogP contribution in [0.2, 0.25) is 0 Å². The van der Waals surface area contributed by atoms with Crippen molar-refractivity contribution in [3.63, 3.8) is 0 Å². The van der Waals surface area contributed by atoms with Crippen molar-refractivity contribution in [2.75, 3.05) is 20.8 Å². The van der Waals surface area contributed by atoms with Crippen molar-refractivity contribution in [1.29, 1.82) is 0 Å². The van der Waals surface area contributed by atoms with E-state index >= 15 is 0 Å². The summed E-state index contributed by atoms with van der Waals surface area (Å²) in [5, 5.41) is 9.70. The first-order valence-corrected chi connectivity index (χ1v) is 4.28. The summed E-state index contributed by atoms with van der Waals surface area (Å²) >= 11 is 0. The summed E-state index contributed by atoms with van der Waals surface area (Å²) in [6.07, 6.45) is -2.06. The van der Waals surface area contributed by atoms with Crippen molar-refractivity contribution in [3.8, 4) is 0 Å². The van der Waals surface area contributed by atoms with E-state index in [2.05, 4.69) is 0 Å². The highest BCUT2D eigenvalue weighted by molar-refractivity contribution is 4.94. The van der Waals surface area contributed by atoms with Gasteiger partial charge < -0.3 is 24.1 Å². The van der Waals surface area contributed by atoms with E-state index < -0.39 is 12.4 Å². The largest absolute Gasteiger partial charge is 0.385 e. The van der Waals surface area contributed by atoms with Crippen molar-refractivity contribution >= 4 is 0 Å². The second-order valence-corrected chi connectivity index (χ2v) is 3.27. The fraction of sp³-hybridized carbons (Fsp3) is 1.00. The van der Waals surface area contributed by atoms with Gasteiger partial charge in [-0.2, -0.15) is 0 Å². The average Bonchev–Trinajstić information content (AvgIpc) is 2.57. The van der Waals surface area contributed by atoms with Crippen LogP contribution in [0.25, 0.3) is 0 Å². The van der Waals surface area contributed by atoms with E-state index in [1.807, 2.05) is 0 Å². The lowest BCUT2D eigenvalue weighted by Crippen LogP contribution is -2.55. The fourth-order valence-electron chi connectivity index (χ4n) is 1.91. The zero-order valence-corrected chi connectivity index (χ0v) is 7.67. The Kier molecular flexibility index (Phi) is 2.53. The van der Waals surface area contributed by atoms with Crippen LogP contribution in [0.4, 0.5) is 0 Å². The number of aliphatic hydroxyl groups excluding tert-OH is 1. The van der Waals surface area contributed by atoms with Crippen molar-refractivity contribution in [2.24, 2.45) is 0 Å². The number of ether oxygens (including phenoxy) is 4. The van der Waals surface area contributed by atoms with E-state index in [1.54, 1.807) is 14.2 Å². The zero-order valence-electron chi connectivity index (χ0n) is 7.67. The predicted molar refractivity (Wildman–Crippen MR) is 42.2 cm³/mol. The molecular formula is C8H14O5. The van der Waals surface area contributed by atoms with Crippen LogP contribution in [0.3, 0.4) is 0 Å². The summed E-state index contributed by atoms with van der Waals surface area (Å²) in [4.78, 5) is 0. The van der Waals surface area contributed by atoms with Crippen LogP contribution in [-0.2, 0) is 18.9 Å². The molecule has 0 aromatic rings. The standard InChI is InChI=1S/C8H14O5/c1-10-6-4-3-12-8(13-4)5(9)7(6)11-2/h4-9H,3H2,1-2H3/t4-,5-,6+,7-,8-/m1/s1. The van der Waals surface area contributed by atoms with E-state index in [0.717, 1.165) is 0 Å². The Bertz CT molecular complexity index is 181. The van der Waals surface area contributed by atoms with Gasteiger partial charge in [0.05, 0.1) is 6.61 Å². The van der Waals surface area contributed by atoms with Gasteiger partial charge in [-0.05, 0) is 0 Å². The molecule has 0 aromatic heterocycles. The Morgan fingerprint density at radius 2 is 1.92 bits per heavy atom. The van der Waals surface area contributed by atoms with E-state index in [4.69, 9.17) is 18.9 Å². The van der Waals surface area contributed by atoms with Crippen molar-refractivity contribution in [2.45, 2.75) is 30.7 Å². The molecule has 1 N–H and O–H groups in total. The Hall–Kier alpha value is -0.200. The first kappa shape index (κ1) is 9.36. The Balaban J connectivity index is 2.15. The van der Waals surface area contributed by atoms with Crippen molar-refractivity contribution in [1.82, 2.24) is 0 Å². The molecule has 5 heteroatoms. The van der Waals surface area contributed by atoms with Crippen molar-refractivity contribution < 1.29 is 24.1 Å². The molecule has 0 saturated carbocycles. The number of aliphatic hydroxyl groups is 1. The Morgan fingerprint density at radius 3 is 2.54 bits per heavy atom. The molecule has 0 radical (unpaired) electrons.